The first kappa shape index (κ1) is 20.7. The van der Waals surface area contributed by atoms with Crippen molar-refractivity contribution in [1.29, 1.82) is 0 Å². The molecule has 1 aliphatic rings. The Bertz CT molecular complexity index is 632. The predicted octanol–water partition coefficient (Wildman–Crippen LogP) is 4.46. The average molecular weight is 385 g/mol. The molecule has 1 fully saturated rings. The molecule has 2 aromatic rings. The van der Waals surface area contributed by atoms with E-state index in [1.54, 1.807) is 0 Å². The van der Waals surface area contributed by atoms with Crippen LogP contribution in [0.25, 0.3) is 0 Å². The molecule has 4 heteroatoms. The normalized spacial score (nSPS) is 15.9. The standard InChI is InChI=1S/C24H32O4/c25-16-4-18-27-22-10-6-20(7-11-22)24(14-2-1-3-15-24)21-8-12-23(13-9-21)28-19-5-17-26/h6-13,25-26H,1-5,14-19H2. The van der Waals surface area contributed by atoms with Gasteiger partial charge in [0.25, 0.3) is 0 Å². The van der Waals surface area contributed by atoms with E-state index in [4.69, 9.17) is 19.7 Å². The average Bonchev–Trinajstić information content (AvgIpc) is 2.76. The van der Waals surface area contributed by atoms with Gasteiger partial charge < -0.3 is 19.7 Å². The van der Waals surface area contributed by atoms with E-state index in [0.717, 1.165) is 24.3 Å². The Kier molecular flexibility index (Phi) is 7.75. The Balaban J connectivity index is 1.78. The fourth-order valence-corrected chi connectivity index (χ4v) is 4.15. The first-order valence-corrected chi connectivity index (χ1v) is 10.5. The summed E-state index contributed by atoms with van der Waals surface area (Å²) < 4.78 is 11.4. The maximum Gasteiger partial charge on any atom is 0.119 e. The Morgan fingerprint density at radius 1 is 0.643 bits per heavy atom. The predicted molar refractivity (Wildman–Crippen MR) is 111 cm³/mol. The van der Waals surface area contributed by atoms with E-state index in [2.05, 4.69) is 48.5 Å². The van der Waals surface area contributed by atoms with Crippen molar-refractivity contribution in [2.75, 3.05) is 26.4 Å². The largest absolute Gasteiger partial charge is 0.494 e. The van der Waals surface area contributed by atoms with Crippen molar-refractivity contribution < 1.29 is 19.7 Å². The first-order valence-electron chi connectivity index (χ1n) is 10.5. The molecule has 0 atom stereocenters. The SMILES string of the molecule is OCCCOc1ccc(C2(c3ccc(OCCCO)cc3)CCCCC2)cc1. The van der Waals surface area contributed by atoms with Gasteiger partial charge in [-0.25, -0.2) is 0 Å². The molecule has 0 spiro atoms. The van der Waals surface area contributed by atoms with Crippen molar-refractivity contribution in [3.8, 4) is 11.5 Å². The minimum Gasteiger partial charge on any atom is -0.494 e. The number of rotatable bonds is 10. The second-order valence-corrected chi connectivity index (χ2v) is 7.54. The van der Waals surface area contributed by atoms with Crippen LogP contribution in [0.2, 0.25) is 0 Å². The lowest BCUT2D eigenvalue weighted by Crippen LogP contribution is -2.30. The van der Waals surface area contributed by atoms with Crippen LogP contribution in [0, 0.1) is 0 Å². The van der Waals surface area contributed by atoms with E-state index < -0.39 is 0 Å². The number of hydrogen-bond donors (Lipinski definition) is 2. The summed E-state index contributed by atoms with van der Waals surface area (Å²) in [5, 5.41) is 17.8. The summed E-state index contributed by atoms with van der Waals surface area (Å²) in [6.45, 7) is 1.39. The van der Waals surface area contributed by atoms with E-state index >= 15 is 0 Å². The van der Waals surface area contributed by atoms with Crippen molar-refractivity contribution in [2.45, 2.75) is 50.4 Å². The van der Waals surface area contributed by atoms with Crippen LogP contribution in [0.4, 0.5) is 0 Å². The maximum atomic E-state index is 8.90. The molecule has 4 nitrogen and oxygen atoms in total. The molecule has 2 N–H and O–H groups in total. The van der Waals surface area contributed by atoms with Crippen LogP contribution >= 0.6 is 0 Å². The topological polar surface area (TPSA) is 58.9 Å². The second kappa shape index (κ2) is 10.5. The van der Waals surface area contributed by atoms with Gasteiger partial charge in [0.05, 0.1) is 13.2 Å². The molecule has 152 valence electrons. The zero-order valence-corrected chi connectivity index (χ0v) is 16.6. The van der Waals surface area contributed by atoms with Crippen LogP contribution in [0.5, 0.6) is 11.5 Å². The van der Waals surface area contributed by atoms with Crippen LogP contribution in [0.3, 0.4) is 0 Å². The molecule has 0 radical (unpaired) electrons. The smallest absolute Gasteiger partial charge is 0.119 e. The van der Waals surface area contributed by atoms with Gasteiger partial charge in [-0.1, -0.05) is 43.5 Å². The molecule has 1 saturated carbocycles. The van der Waals surface area contributed by atoms with Crippen LogP contribution in [-0.2, 0) is 5.41 Å². The third-order valence-electron chi connectivity index (χ3n) is 5.66. The van der Waals surface area contributed by atoms with Crippen molar-refractivity contribution in [3.63, 3.8) is 0 Å². The van der Waals surface area contributed by atoms with E-state index in [1.165, 1.54) is 30.4 Å². The van der Waals surface area contributed by atoms with Gasteiger partial charge in [0, 0.05) is 31.5 Å². The van der Waals surface area contributed by atoms with Gasteiger partial charge >= 0.3 is 0 Å². The van der Waals surface area contributed by atoms with Gasteiger partial charge in [-0.05, 0) is 48.2 Å². The van der Waals surface area contributed by atoms with E-state index in [9.17, 15) is 0 Å². The highest BCUT2D eigenvalue weighted by molar-refractivity contribution is 5.43. The third-order valence-corrected chi connectivity index (χ3v) is 5.66. The summed E-state index contributed by atoms with van der Waals surface area (Å²) in [6, 6.07) is 17.0. The molecule has 0 amide bonds. The summed E-state index contributed by atoms with van der Waals surface area (Å²) in [5.41, 5.74) is 2.73. The minimum atomic E-state index is 0.0471. The summed E-state index contributed by atoms with van der Waals surface area (Å²) in [4.78, 5) is 0. The van der Waals surface area contributed by atoms with Gasteiger partial charge in [0.15, 0.2) is 0 Å². The molecular formula is C24H32O4. The van der Waals surface area contributed by atoms with E-state index in [0.29, 0.717) is 26.1 Å². The molecule has 1 aliphatic carbocycles. The van der Waals surface area contributed by atoms with Gasteiger partial charge in [-0.15, -0.1) is 0 Å². The summed E-state index contributed by atoms with van der Waals surface area (Å²) >= 11 is 0. The second-order valence-electron chi connectivity index (χ2n) is 7.54. The van der Waals surface area contributed by atoms with Gasteiger partial charge in [-0.2, -0.15) is 0 Å². The highest BCUT2D eigenvalue weighted by atomic mass is 16.5. The van der Waals surface area contributed by atoms with Crippen LogP contribution in [0.15, 0.2) is 48.5 Å². The lowest BCUT2D eigenvalue weighted by atomic mass is 9.65. The number of hydrogen-bond acceptors (Lipinski definition) is 4. The molecule has 2 aromatic carbocycles. The monoisotopic (exact) mass is 384 g/mol. The summed E-state index contributed by atoms with van der Waals surface area (Å²) in [6.07, 6.45) is 7.39. The van der Waals surface area contributed by atoms with E-state index in [1.807, 2.05) is 0 Å². The molecule has 3 rings (SSSR count). The molecular weight excluding hydrogens is 352 g/mol. The molecule has 0 bridgehead atoms. The Hall–Kier alpha value is -2.04. The van der Waals surface area contributed by atoms with Crippen LogP contribution in [-0.4, -0.2) is 36.6 Å². The number of ether oxygens (including phenoxy) is 2. The van der Waals surface area contributed by atoms with Gasteiger partial charge in [0.2, 0.25) is 0 Å². The molecule has 0 aliphatic heterocycles. The number of aliphatic hydroxyl groups is 2. The quantitative estimate of drug-likeness (QED) is 0.594. The lowest BCUT2D eigenvalue weighted by Gasteiger charge is -2.38. The van der Waals surface area contributed by atoms with Gasteiger partial charge in [-0.3, -0.25) is 0 Å². The minimum absolute atomic E-state index is 0.0471. The Morgan fingerprint density at radius 2 is 1.07 bits per heavy atom. The highest BCUT2D eigenvalue weighted by Gasteiger charge is 2.35. The summed E-state index contributed by atoms with van der Waals surface area (Å²) in [5.74, 6) is 1.71. The fourth-order valence-electron chi connectivity index (χ4n) is 4.15. The Morgan fingerprint density at radius 3 is 1.46 bits per heavy atom. The zero-order valence-electron chi connectivity index (χ0n) is 16.6. The lowest BCUT2D eigenvalue weighted by molar-refractivity contribution is 0.233. The molecule has 0 aromatic heterocycles. The van der Waals surface area contributed by atoms with Crippen molar-refractivity contribution in [1.82, 2.24) is 0 Å². The fraction of sp³-hybridized carbons (Fsp3) is 0.500. The first-order chi connectivity index (χ1) is 13.8. The van der Waals surface area contributed by atoms with Crippen LogP contribution in [0.1, 0.15) is 56.1 Å². The summed E-state index contributed by atoms with van der Waals surface area (Å²) in [7, 11) is 0. The number of benzene rings is 2. The Labute approximate surface area is 168 Å². The van der Waals surface area contributed by atoms with Crippen molar-refractivity contribution >= 4 is 0 Å². The molecule has 0 heterocycles. The number of aliphatic hydroxyl groups excluding tert-OH is 2. The van der Waals surface area contributed by atoms with Crippen molar-refractivity contribution in [3.05, 3.63) is 59.7 Å². The maximum absolute atomic E-state index is 8.90. The van der Waals surface area contributed by atoms with Crippen LogP contribution < -0.4 is 9.47 Å². The van der Waals surface area contributed by atoms with Crippen molar-refractivity contribution in [2.24, 2.45) is 0 Å². The third kappa shape index (κ3) is 5.06. The molecule has 28 heavy (non-hydrogen) atoms. The van der Waals surface area contributed by atoms with Gasteiger partial charge in [0.1, 0.15) is 11.5 Å². The molecule has 0 saturated heterocycles. The molecule has 0 unspecified atom stereocenters. The highest BCUT2D eigenvalue weighted by Crippen LogP contribution is 2.45. The zero-order chi connectivity index (χ0) is 19.7. The van der Waals surface area contributed by atoms with E-state index in [-0.39, 0.29) is 18.6 Å².